The number of nitrogens with one attached hydrogen (secondary N) is 2. The van der Waals surface area contributed by atoms with Crippen LogP contribution in [0.15, 0.2) is 42.5 Å². The molecule has 1 heterocycles. The molecule has 3 amide bonds. The van der Waals surface area contributed by atoms with Gasteiger partial charge in [0.15, 0.2) is 6.61 Å². The van der Waals surface area contributed by atoms with Crippen LogP contribution in [0.1, 0.15) is 41.0 Å². The summed E-state index contributed by atoms with van der Waals surface area (Å²) in [6.07, 6.45) is -0.184. The first-order chi connectivity index (χ1) is 18.6. The minimum absolute atomic E-state index is 0.111. The highest BCUT2D eigenvalue weighted by molar-refractivity contribution is 5.98. The average molecular weight is 542 g/mol. The van der Waals surface area contributed by atoms with Crippen molar-refractivity contribution in [3.63, 3.8) is 0 Å². The predicted molar refractivity (Wildman–Crippen MR) is 138 cm³/mol. The highest BCUT2D eigenvalue weighted by Gasteiger charge is 2.37. The van der Waals surface area contributed by atoms with E-state index in [1.54, 1.807) is 6.07 Å². The third-order valence-corrected chi connectivity index (χ3v) is 5.61. The second-order valence-electron chi connectivity index (χ2n) is 9.17. The van der Waals surface area contributed by atoms with Crippen LogP contribution in [0.3, 0.4) is 0 Å². The van der Waals surface area contributed by atoms with Gasteiger partial charge in [0.2, 0.25) is 5.91 Å². The van der Waals surface area contributed by atoms with E-state index >= 15 is 0 Å². The molecule has 1 atom stereocenters. The summed E-state index contributed by atoms with van der Waals surface area (Å²) in [6.45, 7) is 3.48. The largest absolute Gasteiger partial charge is 0.497 e. The van der Waals surface area contributed by atoms with Crippen molar-refractivity contribution in [1.29, 1.82) is 0 Å². The van der Waals surface area contributed by atoms with Gasteiger partial charge in [0, 0.05) is 23.7 Å². The van der Waals surface area contributed by atoms with Gasteiger partial charge in [-0.25, -0.2) is 4.79 Å². The Kier molecular flexibility index (Phi) is 9.85. The zero-order valence-electron chi connectivity index (χ0n) is 22.1. The number of carbonyl (C=O) groups excluding carboxylic acids is 5. The van der Waals surface area contributed by atoms with Gasteiger partial charge in [0.05, 0.1) is 38.9 Å². The van der Waals surface area contributed by atoms with Crippen molar-refractivity contribution < 1.29 is 42.9 Å². The van der Waals surface area contributed by atoms with E-state index in [1.165, 1.54) is 50.6 Å². The van der Waals surface area contributed by atoms with E-state index in [2.05, 4.69) is 10.7 Å². The molecule has 2 N–H and O–H groups in total. The first-order valence-electron chi connectivity index (χ1n) is 12.2. The van der Waals surface area contributed by atoms with E-state index < -0.39 is 42.2 Å². The van der Waals surface area contributed by atoms with Crippen molar-refractivity contribution in [1.82, 2.24) is 10.4 Å². The van der Waals surface area contributed by atoms with Crippen LogP contribution in [-0.4, -0.2) is 68.6 Å². The molecule has 0 unspecified atom stereocenters. The number of hydrazine groups is 1. The molecule has 1 aliphatic heterocycles. The van der Waals surface area contributed by atoms with Gasteiger partial charge in [-0.1, -0.05) is 13.8 Å². The zero-order chi connectivity index (χ0) is 28.5. The number of carbonyl (C=O) groups is 5. The minimum atomic E-state index is -0.860. The van der Waals surface area contributed by atoms with Crippen molar-refractivity contribution in [3.05, 3.63) is 53.6 Å². The molecule has 0 aliphatic carbocycles. The van der Waals surface area contributed by atoms with Crippen molar-refractivity contribution in [2.24, 2.45) is 11.8 Å². The molecule has 12 heteroatoms. The predicted octanol–water partition coefficient (Wildman–Crippen LogP) is 2.19. The lowest BCUT2D eigenvalue weighted by atomic mass is 10.1. The van der Waals surface area contributed by atoms with Gasteiger partial charge in [0.1, 0.15) is 11.5 Å². The van der Waals surface area contributed by atoms with E-state index in [0.717, 1.165) is 5.01 Å². The number of nitrogens with zero attached hydrogens (tertiary/aromatic N) is 1. The molecule has 2 aromatic rings. The number of hydrogen-bond donors (Lipinski definition) is 2. The summed E-state index contributed by atoms with van der Waals surface area (Å²) in [5.41, 5.74) is 3.41. The van der Waals surface area contributed by atoms with Crippen molar-refractivity contribution in [2.75, 3.05) is 39.3 Å². The Morgan fingerprint density at radius 2 is 1.59 bits per heavy atom. The molecule has 208 valence electrons. The Labute approximate surface area is 225 Å². The molecule has 0 bridgehead atoms. The topological polar surface area (TPSA) is 150 Å². The standard InChI is InChI=1S/C27H31N3O9/c1-16(2)14-38-26(34)17-5-7-20(8-6-17)28-23(31)15-39-27(35)19-11-24(32)30(13-19)29-25(33)18-9-21(36-3)12-22(10-18)37-4/h5-10,12,16,19H,11,13-15H2,1-4H3,(H,28,31)(H,29,33)/t19-/m1/s1. The number of ether oxygens (including phenoxy) is 4. The molecular formula is C27H31N3O9. The summed E-state index contributed by atoms with van der Waals surface area (Å²) in [7, 11) is 2.89. The van der Waals surface area contributed by atoms with E-state index in [0.29, 0.717) is 29.4 Å². The zero-order valence-corrected chi connectivity index (χ0v) is 22.1. The quantitative estimate of drug-likeness (QED) is 0.408. The monoisotopic (exact) mass is 541 g/mol. The van der Waals surface area contributed by atoms with Gasteiger partial charge < -0.3 is 24.3 Å². The summed E-state index contributed by atoms with van der Waals surface area (Å²) in [5, 5.41) is 3.60. The molecule has 1 fully saturated rings. The first kappa shape index (κ1) is 29.0. The number of hydrogen-bond acceptors (Lipinski definition) is 9. The molecule has 39 heavy (non-hydrogen) atoms. The van der Waals surface area contributed by atoms with E-state index in [-0.39, 0.29) is 24.4 Å². The van der Waals surface area contributed by atoms with E-state index in [1.807, 2.05) is 13.8 Å². The maximum Gasteiger partial charge on any atom is 0.338 e. The van der Waals surface area contributed by atoms with Gasteiger partial charge >= 0.3 is 11.9 Å². The van der Waals surface area contributed by atoms with Crippen LogP contribution in [0.4, 0.5) is 5.69 Å². The van der Waals surface area contributed by atoms with Gasteiger partial charge in [-0.05, 0) is 42.3 Å². The molecule has 0 saturated carbocycles. The van der Waals surface area contributed by atoms with Crippen molar-refractivity contribution in [3.8, 4) is 11.5 Å². The van der Waals surface area contributed by atoms with E-state index in [9.17, 15) is 24.0 Å². The summed E-state index contributed by atoms with van der Waals surface area (Å²) in [6, 6.07) is 10.6. The van der Waals surface area contributed by atoms with Crippen LogP contribution < -0.4 is 20.2 Å². The second-order valence-corrected chi connectivity index (χ2v) is 9.17. The number of amides is 3. The lowest BCUT2D eigenvalue weighted by molar-refractivity contribution is -0.151. The molecule has 1 saturated heterocycles. The fourth-order valence-corrected chi connectivity index (χ4v) is 3.57. The van der Waals surface area contributed by atoms with Gasteiger partial charge in [0.25, 0.3) is 11.8 Å². The number of rotatable bonds is 11. The Morgan fingerprint density at radius 3 is 2.18 bits per heavy atom. The third-order valence-electron chi connectivity index (χ3n) is 5.61. The van der Waals surface area contributed by atoms with Crippen molar-refractivity contribution in [2.45, 2.75) is 20.3 Å². The third kappa shape index (κ3) is 8.19. The maximum absolute atomic E-state index is 12.7. The molecule has 12 nitrogen and oxygen atoms in total. The van der Waals surface area contributed by atoms with Crippen molar-refractivity contribution >= 4 is 35.3 Å². The summed E-state index contributed by atoms with van der Waals surface area (Å²) < 4.78 is 20.5. The fraction of sp³-hybridized carbons (Fsp3) is 0.370. The minimum Gasteiger partial charge on any atom is -0.497 e. The molecule has 1 aliphatic rings. The lowest BCUT2D eigenvalue weighted by Gasteiger charge is -2.18. The lowest BCUT2D eigenvalue weighted by Crippen LogP contribution is -2.43. The Morgan fingerprint density at radius 1 is 0.949 bits per heavy atom. The van der Waals surface area contributed by atoms with Crippen LogP contribution in [0.2, 0.25) is 0 Å². The summed E-state index contributed by atoms with van der Waals surface area (Å²) >= 11 is 0. The molecule has 3 rings (SSSR count). The Balaban J connectivity index is 1.47. The van der Waals surface area contributed by atoms with Crippen LogP contribution in [0, 0.1) is 11.8 Å². The number of methoxy groups -OCH3 is 2. The first-order valence-corrected chi connectivity index (χ1v) is 12.2. The Hall–Kier alpha value is -4.61. The SMILES string of the molecule is COc1cc(OC)cc(C(=O)NN2C[C@H](C(=O)OCC(=O)Nc3ccc(C(=O)OCC(C)C)cc3)CC2=O)c1. The summed E-state index contributed by atoms with van der Waals surface area (Å²) in [5.74, 6) is -2.73. The highest BCUT2D eigenvalue weighted by atomic mass is 16.5. The highest BCUT2D eigenvalue weighted by Crippen LogP contribution is 2.23. The second kappa shape index (κ2) is 13.3. The average Bonchev–Trinajstić information content (AvgIpc) is 3.30. The van der Waals surface area contributed by atoms with E-state index in [4.69, 9.17) is 18.9 Å². The normalized spacial score (nSPS) is 14.5. The molecule has 0 radical (unpaired) electrons. The van der Waals surface area contributed by atoms with Gasteiger partial charge in [-0.3, -0.25) is 29.6 Å². The fourth-order valence-electron chi connectivity index (χ4n) is 3.57. The maximum atomic E-state index is 12.7. The van der Waals surface area contributed by atoms with Crippen LogP contribution in [-0.2, 0) is 23.9 Å². The summed E-state index contributed by atoms with van der Waals surface area (Å²) in [4.78, 5) is 61.7. The van der Waals surface area contributed by atoms with Gasteiger partial charge in [-0.15, -0.1) is 0 Å². The van der Waals surface area contributed by atoms with Crippen LogP contribution in [0.5, 0.6) is 11.5 Å². The molecular weight excluding hydrogens is 510 g/mol. The molecule has 2 aromatic carbocycles. The number of benzene rings is 2. The Bertz CT molecular complexity index is 1210. The number of esters is 2. The molecule has 0 aromatic heterocycles. The van der Waals surface area contributed by atoms with Crippen LogP contribution in [0.25, 0.3) is 0 Å². The van der Waals surface area contributed by atoms with Gasteiger partial charge in [-0.2, -0.15) is 0 Å². The number of anilines is 1. The van der Waals surface area contributed by atoms with Crippen LogP contribution >= 0.6 is 0 Å². The molecule has 0 spiro atoms. The smallest absolute Gasteiger partial charge is 0.338 e.